The molecule has 1 atom stereocenters. The number of fused-ring (bicyclic) bond motifs is 2. The van der Waals surface area contributed by atoms with Crippen LogP contribution in [0.1, 0.15) is 17.5 Å². The van der Waals surface area contributed by atoms with E-state index < -0.39 is 0 Å². The van der Waals surface area contributed by atoms with Crippen molar-refractivity contribution in [3.8, 4) is 5.75 Å². The second kappa shape index (κ2) is 4.88. The number of oxazole rings is 1. The first-order chi connectivity index (χ1) is 10.6. The molecular weight excluding hydrogens is 300 g/mol. The summed E-state index contributed by atoms with van der Waals surface area (Å²) in [5.74, 6) is 0.775. The lowest BCUT2D eigenvalue weighted by Gasteiger charge is -2.31. The first-order valence-electron chi connectivity index (χ1n) is 7.09. The van der Waals surface area contributed by atoms with E-state index in [1.807, 2.05) is 18.2 Å². The summed E-state index contributed by atoms with van der Waals surface area (Å²) in [6, 6.07) is 6.54. The number of thiazole rings is 1. The van der Waals surface area contributed by atoms with Crippen LogP contribution in [0, 0.1) is 0 Å². The van der Waals surface area contributed by atoms with Crippen LogP contribution in [-0.2, 0) is 13.0 Å². The van der Waals surface area contributed by atoms with Gasteiger partial charge in [-0.3, -0.25) is 0 Å². The Balaban J connectivity index is 1.72. The number of ether oxygens (including phenoxy) is 1. The van der Waals surface area contributed by atoms with Crippen LogP contribution in [0.15, 0.2) is 22.6 Å². The lowest BCUT2D eigenvalue weighted by molar-refractivity contribution is 0.415. The number of aromatic nitrogens is 2. The number of anilines is 2. The molecule has 0 aliphatic carbocycles. The number of nitrogens with zero attached hydrogens (tertiary/aromatic N) is 3. The molecule has 3 heterocycles. The van der Waals surface area contributed by atoms with E-state index in [2.05, 4.69) is 21.8 Å². The molecule has 0 radical (unpaired) electrons. The molecule has 0 saturated heterocycles. The van der Waals surface area contributed by atoms with Crippen LogP contribution in [-0.4, -0.2) is 23.1 Å². The van der Waals surface area contributed by atoms with Crippen molar-refractivity contribution in [1.82, 2.24) is 9.97 Å². The maximum atomic E-state index is 5.91. The summed E-state index contributed by atoms with van der Waals surface area (Å²) in [4.78, 5) is 12.4. The Morgan fingerprint density at radius 3 is 3.09 bits per heavy atom. The third-order valence-electron chi connectivity index (χ3n) is 3.96. The van der Waals surface area contributed by atoms with Crippen LogP contribution < -0.4 is 15.4 Å². The normalized spacial score (nSPS) is 17.7. The van der Waals surface area contributed by atoms with E-state index >= 15 is 0 Å². The summed E-state index contributed by atoms with van der Waals surface area (Å²) in [5.41, 5.74) is 8.48. The minimum atomic E-state index is 0.268. The van der Waals surface area contributed by atoms with Crippen LogP contribution in [0.3, 0.4) is 0 Å². The van der Waals surface area contributed by atoms with Gasteiger partial charge in [0, 0.05) is 23.4 Å². The van der Waals surface area contributed by atoms with Gasteiger partial charge in [-0.2, -0.15) is 4.98 Å². The van der Waals surface area contributed by atoms with Crippen molar-refractivity contribution >= 4 is 33.6 Å². The molecular formula is C15H16N4O2S. The molecule has 2 aromatic heterocycles. The van der Waals surface area contributed by atoms with Crippen LogP contribution in [0.5, 0.6) is 5.75 Å². The molecule has 0 bridgehead atoms. The number of methoxy groups -OCH3 is 1. The molecule has 1 aromatic carbocycles. The van der Waals surface area contributed by atoms with Crippen molar-refractivity contribution in [2.24, 2.45) is 0 Å². The maximum Gasteiger partial charge on any atom is 0.298 e. The number of rotatable bonds is 2. The Morgan fingerprint density at radius 1 is 1.41 bits per heavy atom. The van der Waals surface area contributed by atoms with Gasteiger partial charge < -0.3 is 19.8 Å². The van der Waals surface area contributed by atoms with Crippen LogP contribution in [0.4, 0.5) is 11.1 Å². The molecule has 0 unspecified atom stereocenters. The van der Waals surface area contributed by atoms with Gasteiger partial charge in [-0.05, 0) is 19.1 Å². The zero-order chi connectivity index (χ0) is 15.3. The average molecular weight is 316 g/mol. The van der Waals surface area contributed by atoms with E-state index in [-0.39, 0.29) is 6.04 Å². The largest absolute Gasteiger partial charge is 0.497 e. The Morgan fingerprint density at radius 2 is 2.27 bits per heavy atom. The predicted octanol–water partition coefficient (Wildman–Crippen LogP) is 2.83. The fraction of sp³-hybridized carbons (Fsp3) is 0.333. The van der Waals surface area contributed by atoms with E-state index in [4.69, 9.17) is 14.9 Å². The summed E-state index contributed by atoms with van der Waals surface area (Å²) in [5, 5.41) is 0.626. The minimum Gasteiger partial charge on any atom is -0.497 e. The highest BCUT2D eigenvalue weighted by Crippen LogP contribution is 2.34. The highest BCUT2D eigenvalue weighted by molar-refractivity contribution is 7.15. The fourth-order valence-corrected chi connectivity index (χ4v) is 3.65. The van der Waals surface area contributed by atoms with Crippen LogP contribution in [0.25, 0.3) is 11.1 Å². The number of benzene rings is 1. The van der Waals surface area contributed by atoms with E-state index in [0.29, 0.717) is 11.1 Å². The minimum absolute atomic E-state index is 0.268. The second-order valence-corrected chi connectivity index (χ2v) is 6.55. The molecule has 1 aliphatic rings. The van der Waals surface area contributed by atoms with Gasteiger partial charge in [0.2, 0.25) is 0 Å². The topological polar surface area (TPSA) is 77.4 Å². The van der Waals surface area contributed by atoms with Gasteiger partial charge in [0.25, 0.3) is 6.01 Å². The molecule has 4 rings (SSSR count). The fourth-order valence-electron chi connectivity index (χ4n) is 2.79. The average Bonchev–Trinajstić information content (AvgIpc) is 3.07. The summed E-state index contributed by atoms with van der Waals surface area (Å²) < 4.78 is 11.1. The molecule has 3 aromatic rings. The lowest BCUT2D eigenvalue weighted by Crippen LogP contribution is -2.38. The third kappa shape index (κ3) is 2.09. The quantitative estimate of drug-likeness (QED) is 0.783. The van der Waals surface area contributed by atoms with Gasteiger partial charge in [0.1, 0.15) is 11.3 Å². The first kappa shape index (κ1) is 13.4. The first-order valence-corrected chi connectivity index (χ1v) is 7.91. The van der Waals surface area contributed by atoms with Crippen molar-refractivity contribution in [3.05, 3.63) is 28.8 Å². The van der Waals surface area contributed by atoms with Gasteiger partial charge >= 0.3 is 0 Å². The Labute approximate surface area is 131 Å². The van der Waals surface area contributed by atoms with Crippen molar-refractivity contribution in [1.29, 1.82) is 0 Å². The summed E-state index contributed by atoms with van der Waals surface area (Å²) in [6.07, 6.45) is 0.852. The SMILES string of the molecule is COc1ccc2oc(N3Cc4sc(N)nc4C[C@H]3C)nc2c1. The standard InChI is InChI=1S/C15H16N4O2S/c1-8-5-11-13(22-14(16)17-11)7-19(8)15-18-10-6-9(20-2)3-4-12(10)21-15/h3-4,6,8H,5,7H2,1-2H3,(H2,16,17)/t8-/m1/s1. The van der Waals surface area contributed by atoms with Crippen molar-refractivity contribution < 1.29 is 9.15 Å². The van der Waals surface area contributed by atoms with Crippen molar-refractivity contribution in [2.75, 3.05) is 17.7 Å². The van der Waals surface area contributed by atoms with Crippen LogP contribution >= 0.6 is 11.3 Å². The molecule has 0 spiro atoms. The molecule has 6 nitrogen and oxygen atoms in total. The van der Waals surface area contributed by atoms with Gasteiger partial charge in [0.05, 0.1) is 19.3 Å². The molecule has 0 saturated carbocycles. The van der Waals surface area contributed by atoms with Gasteiger partial charge in [-0.1, -0.05) is 0 Å². The second-order valence-electron chi connectivity index (χ2n) is 5.43. The lowest BCUT2D eigenvalue weighted by atomic mass is 10.1. The van der Waals surface area contributed by atoms with Crippen molar-refractivity contribution in [3.63, 3.8) is 0 Å². The Bertz CT molecular complexity index is 841. The number of hydrogen-bond donors (Lipinski definition) is 1. The summed E-state index contributed by atoms with van der Waals surface area (Å²) >= 11 is 1.54. The van der Waals surface area contributed by atoms with Gasteiger partial charge in [-0.25, -0.2) is 4.98 Å². The van der Waals surface area contributed by atoms with Crippen LogP contribution in [0.2, 0.25) is 0 Å². The van der Waals surface area contributed by atoms with E-state index in [0.717, 1.165) is 35.5 Å². The molecule has 114 valence electrons. The van der Waals surface area contributed by atoms with Crippen molar-refractivity contribution in [2.45, 2.75) is 25.9 Å². The maximum absolute atomic E-state index is 5.91. The Hall–Kier alpha value is -2.28. The van der Waals surface area contributed by atoms with Gasteiger partial charge in [-0.15, -0.1) is 11.3 Å². The highest BCUT2D eigenvalue weighted by atomic mass is 32.1. The number of nitrogens with two attached hydrogens (primary N) is 1. The van der Waals surface area contributed by atoms with E-state index in [1.165, 1.54) is 16.2 Å². The molecule has 0 fully saturated rings. The summed E-state index contributed by atoms with van der Waals surface area (Å²) in [7, 11) is 1.64. The zero-order valence-electron chi connectivity index (χ0n) is 12.4. The van der Waals surface area contributed by atoms with Gasteiger partial charge in [0.15, 0.2) is 10.7 Å². The monoisotopic (exact) mass is 316 g/mol. The third-order valence-corrected chi connectivity index (χ3v) is 4.87. The smallest absolute Gasteiger partial charge is 0.298 e. The molecule has 7 heteroatoms. The Kier molecular flexibility index (Phi) is 2.97. The van der Waals surface area contributed by atoms with E-state index in [1.54, 1.807) is 7.11 Å². The predicted molar refractivity (Wildman–Crippen MR) is 86.4 cm³/mol. The number of hydrogen-bond acceptors (Lipinski definition) is 7. The molecule has 22 heavy (non-hydrogen) atoms. The number of nitrogen functional groups attached to an aromatic ring is 1. The molecule has 2 N–H and O–H groups in total. The summed E-state index contributed by atoms with van der Waals surface area (Å²) in [6.45, 7) is 2.88. The molecule has 0 amide bonds. The zero-order valence-corrected chi connectivity index (χ0v) is 13.2. The highest BCUT2D eigenvalue weighted by Gasteiger charge is 2.29. The van der Waals surface area contributed by atoms with E-state index in [9.17, 15) is 0 Å². The molecule has 1 aliphatic heterocycles.